The molecule has 0 aliphatic carbocycles. The molecule has 6 nitrogen and oxygen atoms in total. The lowest BCUT2D eigenvalue weighted by atomic mass is 10.2. The molecule has 1 amide bonds. The van der Waals surface area contributed by atoms with E-state index in [0.717, 1.165) is 0 Å². The number of nitrogens with zero attached hydrogens (tertiary/aromatic N) is 1. The van der Waals surface area contributed by atoms with Gasteiger partial charge >= 0.3 is 5.97 Å². The molecule has 7 heteroatoms. The highest BCUT2D eigenvalue weighted by Gasteiger charge is 2.22. The number of carbonyl (C=O) groups excluding carboxylic acids is 1. The van der Waals surface area contributed by atoms with E-state index in [1.54, 1.807) is 17.0 Å². The van der Waals surface area contributed by atoms with Gasteiger partial charge < -0.3 is 14.7 Å². The standard InChI is InChI=1S/C13H15NO5S/c15-12(14-5-7-19-8-6-14)9-20(18)11-4-2-1-3-10(11)13(16)17/h1-4H,5-9H2,(H,16,17)/t20-/m1/s1. The third-order valence-corrected chi connectivity index (χ3v) is 4.34. The van der Waals surface area contributed by atoms with Crippen molar-refractivity contribution in [3.05, 3.63) is 29.8 Å². The molecule has 1 aromatic rings. The number of morpholine rings is 1. The number of carbonyl (C=O) groups is 2. The number of ether oxygens (including phenoxy) is 1. The van der Waals surface area contributed by atoms with Crippen LogP contribution in [0.5, 0.6) is 0 Å². The number of benzene rings is 1. The van der Waals surface area contributed by atoms with Gasteiger partial charge in [0.25, 0.3) is 0 Å². The molecule has 1 aliphatic rings. The van der Waals surface area contributed by atoms with Crippen molar-refractivity contribution in [2.24, 2.45) is 0 Å². The highest BCUT2D eigenvalue weighted by molar-refractivity contribution is 7.85. The number of rotatable bonds is 4. The second kappa shape index (κ2) is 6.62. The molecule has 0 unspecified atom stereocenters. The molecule has 1 saturated heterocycles. The molecule has 108 valence electrons. The Bertz CT molecular complexity index is 539. The molecular formula is C13H15NO5S. The van der Waals surface area contributed by atoms with Crippen LogP contribution >= 0.6 is 0 Å². The molecule has 0 spiro atoms. The Morgan fingerprint density at radius 3 is 2.55 bits per heavy atom. The van der Waals surface area contributed by atoms with Gasteiger partial charge in [-0.25, -0.2) is 4.79 Å². The van der Waals surface area contributed by atoms with Crippen LogP contribution in [0.3, 0.4) is 0 Å². The first-order chi connectivity index (χ1) is 9.59. The highest BCUT2D eigenvalue weighted by Crippen LogP contribution is 2.14. The van der Waals surface area contributed by atoms with Gasteiger partial charge in [0.1, 0.15) is 5.75 Å². The summed E-state index contributed by atoms with van der Waals surface area (Å²) in [6, 6.07) is 6.04. The van der Waals surface area contributed by atoms with Crippen molar-refractivity contribution in [3.8, 4) is 0 Å². The first-order valence-corrected chi connectivity index (χ1v) is 7.47. The lowest BCUT2D eigenvalue weighted by Gasteiger charge is -2.26. The quantitative estimate of drug-likeness (QED) is 0.867. The van der Waals surface area contributed by atoms with Crippen LogP contribution in [0.2, 0.25) is 0 Å². The molecule has 1 aliphatic heterocycles. The van der Waals surface area contributed by atoms with Crippen LogP contribution in [0.15, 0.2) is 29.2 Å². The van der Waals surface area contributed by atoms with E-state index in [2.05, 4.69) is 0 Å². The van der Waals surface area contributed by atoms with Gasteiger partial charge in [-0.2, -0.15) is 0 Å². The maximum Gasteiger partial charge on any atom is 0.336 e. The minimum Gasteiger partial charge on any atom is -0.478 e. The summed E-state index contributed by atoms with van der Waals surface area (Å²) in [4.78, 5) is 24.8. The SMILES string of the molecule is O=C(O)c1ccccc1[S@](=O)CC(=O)N1CCOCC1. The molecule has 2 rings (SSSR count). The molecular weight excluding hydrogens is 282 g/mol. The third-order valence-electron chi connectivity index (χ3n) is 2.98. The zero-order chi connectivity index (χ0) is 14.5. The fraction of sp³-hybridized carbons (Fsp3) is 0.385. The van der Waals surface area contributed by atoms with E-state index in [4.69, 9.17) is 9.84 Å². The van der Waals surface area contributed by atoms with Gasteiger partial charge in [0.05, 0.1) is 34.5 Å². The van der Waals surface area contributed by atoms with E-state index in [1.165, 1.54) is 12.1 Å². The van der Waals surface area contributed by atoms with Crippen LogP contribution in [-0.4, -0.2) is 58.1 Å². The van der Waals surface area contributed by atoms with Crippen LogP contribution in [0, 0.1) is 0 Å². The predicted octanol–water partition coefficient (Wildman–Crippen LogP) is 0.351. The molecule has 0 radical (unpaired) electrons. The average Bonchev–Trinajstić information content (AvgIpc) is 2.48. The second-order valence-corrected chi connectivity index (χ2v) is 5.70. The van der Waals surface area contributed by atoms with E-state index >= 15 is 0 Å². The lowest BCUT2D eigenvalue weighted by molar-refractivity contribution is -0.132. The van der Waals surface area contributed by atoms with Gasteiger partial charge in [-0.05, 0) is 12.1 Å². The first kappa shape index (κ1) is 14.7. The van der Waals surface area contributed by atoms with Crippen LogP contribution in [0.1, 0.15) is 10.4 Å². The van der Waals surface area contributed by atoms with Gasteiger partial charge in [-0.1, -0.05) is 12.1 Å². The zero-order valence-corrected chi connectivity index (χ0v) is 11.6. The first-order valence-electron chi connectivity index (χ1n) is 6.16. The molecule has 0 bridgehead atoms. The summed E-state index contributed by atoms with van der Waals surface area (Å²) in [5, 5.41) is 9.05. The number of amides is 1. The van der Waals surface area contributed by atoms with E-state index in [9.17, 15) is 13.8 Å². The molecule has 1 N–H and O–H groups in total. The van der Waals surface area contributed by atoms with Crippen LogP contribution in [0.4, 0.5) is 0 Å². The number of carboxylic acid groups (broad SMARTS) is 1. The highest BCUT2D eigenvalue weighted by atomic mass is 32.2. The zero-order valence-electron chi connectivity index (χ0n) is 10.8. The van der Waals surface area contributed by atoms with Gasteiger partial charge in [0.15, 0.2) is 0 Å². The Labute approximate surface area is 118 Å². The van der Waals surface area contributed by atoms with E-state index in [1.807, 2.05) is 0 Å². The number of hydrogen-bond donors (Lipinski definition) is 1. The molecule has 1 atom stereocenters. The summed E-state index contributed by atoms with van der Waals surface area (Å²) in [5.74, 6) is -1.59. The molecule has 1 aromatic carbocycles. The lowest BCUT2D eigenvalue weighted by Crippen LogP contribution is -2.42. The molecule has 20 heavy (non-hydrogen) atoms. The second-order valence-electron chi connectivity index (χ2n) is 4.28. The summed E-state index contributed by atoms with van der Waals surface area (Å²) >= 11 is 0. The summed E-state index contributed by atoms with van der Waals surface area (Å²) in [6.45, 7) is 1.92. The summed E-state index contributed by atoms with van der Waals surface area (Å²) < 4.78 is 17.3. The van der Waals surface area contributed by atoms with Crippen molar-refractivity contribution >= 4 is 22.7 Å². The minimum atomic E-state index is -1.66. The Balaban J connectivity index is 2.08. The third kappa shape index (κ3) is 3.43. The van der Waals surface area contributed by atoms with Gasteiger partial charge in [0.2, 0.25) is 5.91 Å². The van der Waals surface area contributed by atoms with Gasteiger partial charge in [-0.15, -0.1) is 0 Å². The van der Waals surface area contributed by atoms with Crippen molar-refractivity contribution < 1.29 is 23.6 Å². The monoisotopic (exact) mass is 297 g/mol. The maximum absolute atomic E-state index is 12.2. The summed E-state index contributed by atoms with van der Waals surface area (Å²) in [7, 11) is -1.66. The van der Waals surface area contributed by atoms with Gasteiger partial charge in [-0.3, -0.25) is 9.00 Å². The summed E-state index contributed by atoms with van der Waals surface area (Å²) in [5.41, 5.74) is -0.0272. The van der Waals surface area contributed by atoms with E-state index in [0.29, 0.717) is 26.3 Å². The van der Waals surface area contributed by atoms with Crippen molar-refractivity contribution in [1.82, 2.24) is 4.90 Å². The normalized spacial score (nSPS) is 16.7. The predicted molar refractivity (Wildman–Crippen MR) is 72.1 cm³/mol. The number of hydrogen-bond acceptors (Lipinski definition) is 4. The average molecular weight is 297 g/mol. The molecule has 0 saturated carbocycles. The van der Waals surface area contributed by atoms with Crippen LogP contribution in [-0.2, 0) is 20.3 Å². The fourth-order valence-electron chi connectivity index (χ4n) is 1.94. The van der Waals surface area contributed by atoms with Gasteiger partial charge in [0, 0.05) is 13.1 Å². The van der Waals surface area contributed by atoms with Crippen molar-refractivity contribution in [1.29, 1.82) is 0 Å². The summed E-state index contributed by atoms with van der Waals surface area (Å²) in [6.07, 6.45) is 0. The van der Waals surface area contributed by atoms with Crippen molar-refractivity contribution in [3.63, 3.8) is 0 Å². The molecule has 0 aromatic heterocycles. The fourth-order valence-corrected chi connectivity index (χ4v) is 3.13. The topological polar surface area (TPSA) is 83.9 Å². The van der Waals surface area contributed by atoms with Crippen molar-refractivity contribution in [2.75, 3.05) is 32.1 Å². The van der Waals surface area contributed by atoms with E-state index < -0.39 is 16.8 Å². The Morgan fingerprint density at radius 2 is 1.90 bits per heavy atom. The maximum atomic E-state index is 12.2. The van der Waals surface area contributed by atoms with Crippen LogP contribution in [0.25, 0.3) is 0 Å². The number of carboxylic acids is 1. The Morgan fingerprint density at radius 1 is 1.25 bits per heavy atom. The molecule has 1 fully saturated rings. The smallest absolute Gasteiger partial charge is 0.336 e. The number of aromatic carboxylic acids is 1. The molecule has 1 heterocycles. The largest absolute Gasteiger partial charge is 0.478 e. The Kier molecular flexibility index (Phi) is 4.86. The Hall–Kier alpha value is -1.73. The van der Waals surface area contributed by atoms with Crippen LogP contribution < -0.4 is 0 Å². The minimum absolute atomic E-state index is 0.0272. The van der Waals surface area contributed by atoms with Crippen molar-refractivity contribution in [2.45, 2.75) is 4.90 Å². The van der Waals surface area contributed by atoms with E-state index in [-0.39, 0.29) is 22.1 Å².